The highest BCUT2D eigenvalue weighted by atomic mass is 35.5. The van der Waals surface area contributed by atoms with Gasteiger partial charge in [-0.3, -0.25) is 0 Å². The van der Waals surface area contributed by atoms with Crippen molar-refractivity contribution in [3.05, 3.63) is 10.0 Å². The molecule has 3 rings (SSSR count). The van der Waals surface area contributed by atoms with E-state index in [1.807, 2.05) is 0 Å². The van der Waals surface area contributed by atoms with Gasteiger partial charge in [0, 0.05) is 6.54 Å². The Labute approximate surface area is 115 Å². The van der Waals surface area contributed by atoms with Gasteiger partial charge in [-0.05, 0) is 19.3 Å². The maximum absolute atomic E-state index is 6.06. The summed E-state index contributed by atoms with van der Waals surface area (Å²) in [6, 6.07) is 0.481. The molecule has 1 aromatic rings. The van der Waals surface area contributed by atoms with Crippen LogP contribution in [0.5, 0.6) is 0 Å². The van der Waals surface area contributed by atoms with Crippen molar-refractivity contribution in [2.24, 2.45) is 0 Å². The molecule has 1 aliphatic carbocycles. The molecule has 0 aromatic carbocycles. The molecule has 1 saturated heterocycles. The summed E-state index contributed by atoms with van der Waals surface area (Å²) in [6.45, 7) is 1.70. The second kappa shape index (κ2) is 4.92. The highest BCUT2D eigenvalue weighted by Crippen LogP contribution is 2.37. The number of nitrogens with zero attached hydrogens (tertiary/aromatic N) is 2. The summed E-state index contributed by atoms with van der Waals surface area (Å²) in [5, 5.41) is 1.56. The molecule has 0 spiro atoms. The van der Waals surface area contributed by atoms with Gasteiger partial charge in [-0.25, -0.2) is 4.98 Å². The Morgan fingerprint density at radius 1 is 1.47 bits per heavy atom. The van der Waals surface area contributed by atoms with Crippen molar-refractivity contribution in [2.45, 2.75) is 37.3 Å². The first-order valence-corrected chi connectivity index (χ1v) is 7.62. The van der Waals surface area contributed by atoms with Crippen LogP contribution in [0.3, 0.4) is 0 Å². The average Bonchev–Trinajstić information content (AvgIpc) is 2.94. The lowest BCUT2D eigenvalue weighted by molar-refractivity contribution is 0.0256. The molecular weight excluding hydrogens is 279 g/mol. The molecule has 2 unspecified atom stereocenters. The molecule has 0 amide bonds. The van der Waals surface area contributed by atoms with E-state index < -0.39 is 0 Å². The predicted molar refractivity (Wildman–Crippen MR) is 71.4 cm³/mol. The lowest BCUT2D eigenvalue weighted by Crippen LogP contribution is -2.48. The third-order valence-corrected chi connectivity index (χ3v) is 5.43. The molecule has 3 nitrogen and oxygen atoms in total. The summed E-state index contributed by atoms with van der Waals surface area (Å²) in [5.74, 6) is 0.439. The van der Waals surface area contributed by atoms with Gasteiger partial charge in [0.2, 0.25) is 0 Å². The maximum atomic E-state index is 6.06. The number of thiazole rings is 1. The SMILES string of the molecule is ClCc1sc(N2CCOC3CCCC32)nc1Cl. The van der Waals surface area contributed by atoms with E-state index in [1.54, 1.807) is 11.3 Å². The van der Waals surface area contributed by atoms with E-state index in [2.05, 4.69) is 9.88 Å². The first-order valence-electron chi connectivity index (χ1n) is 5.89. The Morgan fingerprint density at radius 3 is 3.12 bits per heavy atom. The fourth-order valence-corrected chi connectivity index (χ4v) is 4.25. The summed E-state index contributed by atoms with van der Waals surface area (Å²) in [6.07, 6.45) is 3.99. The zero-order valence-corrected chi connectivity index (χ0v) is 11.7. The molecule has 0 radical (unpaired) electrons. The summed E-state index contributed by atoms with van der Waals surface area (Å²) in [5.41, 5.74) is 0. The fourth-order valence-electron chi connectivity index (χ4n) is 2.69. The van der Waals surface area contributed by atoms with Crippen LogP contribution in [-0.4, -0.2) is 30.3 Å². The van der Waals surface area contributed by atoms with Crippen molar-refractivity contribution in [2.75, 3.05) is 18.1 Å². The van der Waals surface area contributed by atoms with Crippen LogP contribution in [0.25, 0.3) is 0 Å². The monoisotopic (exact) mass is 292 g/mol. The van der Waals surface area contributed by atoms with Gasteiger partial charge in [0.1, 0.15) is 5.15 Å². The van der Waals surface area contributed by atoms with Crippen LogP contribution < -0.4 is 4.90 Å². The van der Waals surface area contributed by atoms with Crippen LogP contribution in [0, 0.1) is 0 Å². The zero-order valence-electron chi connectivity index (χ0n) is 9.36. The number of hydrogen-bond donors (Lipinski definition) is 0. The van der Waals surface area contributed by atoms with Crippen LogP contribution >= 0.6 is 34.5 Å². The molecule has 0 N–H and O–H groups in total. The largest absolute Gasteiger partial charge is 0.374 e. The quantitative estimate of drug-likeness (QED) is 0.782. The summed E-state index contributed by atoms with van der Waals surface area (Å²) in [4.78, 5) is 7.75. The smallest absolute Gasteiger partial charge is 0.187 e. The van der Waals surface area contributed by atoms with Crippen molar-refractivity contribution in [1.82, 2.24) is 4.98 Å². The number of hydrogen-bond acceptors (Lipinski definition) is 4. The minimum Gasteiger partial charge on any atom is -0.374 e. The molecule has 94 valence electrons. The Hall–Kier alpha value is -0.0300. The Morgan fingerprint density at radius 2 is 2.35 bits per heavy atom. The summed E-state index contributed by atoms with van der Waals surface area (Å²) in [7, 11) is 0. The third-order valence-electron chi connectivity index (χ3n) is 3.49. The molecule has 2 heterocycles. The Bertz CT molecular complexity index is 412. The molecule has 1 aliphatic heterocycles. The minimum atomic E-state index is 0.380. The standard InChI is InChI=1S/C11H14Cl2N2OS/c12-6-9-10(13)14-11(17-9)15-4-5-16-8-3-1-2-7(8)15/h7-8H,1-6H2. The minimum absolute atomic E-state index is 0.380. The lowest BCUT2D eigenvalue weighted by Gasteiger charge is -2.37. The number of anilines is 1. The van der Waals surface area contributed by atoms with Crippen molar-refractivity contribution in [3.63, 3.8) is 0 Å². The van der Waals surface area contributed by atoms with Crippen molar-refractivity contribution >= 4 is 39.7 Å². The number of morpholine rings is 1. The second-order valence-corrected chi connectivity index (χ2v) is 6.13. The van der Waals surface area contributed by atoms with Crippen LogP contribution in [0.4, 0.5) is 5.13 Å². The molecule has 0 bridgehead atoms. The van der Waals surface area contributed by atoms with Crippen LogP contribution in [0.1, 0.15) is 24.1 Å². The van der Waals surface area contributed by atoms with E-state index in [1.165, 1.54) is 19.3 Å². The van der Waals surface area contributed by atoms with Gasteiger partial charge >= 0.3 is 0 Å². The maximum Gasteiger partial charge on any atom is 0.187 e. The molecular formula is C11H14Cl2N2OS. The van der Waals surface area contributed by atoms with E-state index in [0.29, 0.717) is 23.2 Å². The van der Waals surface area contributed by atoms with Gasteiger partial charge < -0.3 is 9.64 Å². The molecule has 2 fully saturated rings. The molecule has 2 atom stereocenters. The Balaban J connectivity index is 1.86. The van der Waals surface area contributed by atoms with E-state index in [0.717, 1.165) is 23.2 Å². The molecule has 1 saturated carbocycles. The van der Waals surface area contributed by atoms with Gasteiger partial charge in [0.05, 0.1) is 29.5 Å². The summed E-state index contributed by atoms with van der Waals surface area (Å²) >= 11 is 13.5. The second-order valence-electron chi connectivity index (χ2n) is 4.44. The Kier molecular flexibility index (Phi) is 3.48. The van der Waals surface area contributed by atoms with E-state index in [-0.39, 0.29) is 0 Å². The highest BCUT2D eigenvalue weighted by Gasteiger charge is 2.37. The first kappa shape index (κ1) is 12.0. The van der Waals surface area contributed by atoms with Gasteiger partial charge in [-0.2, -0.15) is 0 Å². The van der Waals surface area contributed by atoms with Gasteiger partial charge in [-0.1, -0.05) is 22.9 Å². The topological polar surface area (TPSA) is 25.4 Å². The highest BCUT2D eigenvalue weighted by molar-refractivity contribution is 7.16. The van der Waals surface area contributed by atoms with Crippen molar-refractivity contribution in [3.8, 4) is 0 Å². The van der Waals surface area contributed by atoms with Crippen LogP contribution in [-0.2, 0) is 10.6 Å². The lowest BCUT2D eigenvalue weighted by atomic mass is 10.1. The van der Waals surface area contributed by atoms with Crippen LogP contribution in [0.15, 0.2) is 0 Å². The van der Waals surface area contributed by atoms with E-state index >= 15 is 0 Å². The van der Waals surface area contributed by atoms with Crippen molar-refractivity contribution < 1.29 is 4.74 Å². The third kappa shape index (κ3) is 2.16. The molecule has 17 heavy (non-hydrogen) atoms. The predicted octanol–water partition coefficient (Wildman–Crippen LogP) is 3.29. The van der Waals surface area contributed by atoms with E-state index in [4.69, 9.17) is 27.9 Å². The molecule has 2 aliphatic rings. The number of alkyl halides is 1. The van der Waals surface area contributed by atoms with Gasteiger partial charge in [0.25, 0.3) is 0 Å². The van der Waals surface area contributed by atoms with Crippen molar-refractivity contribution in [1.29, 1.82) is 0 Å². The number of aromatic nitrogens is 1. The normalized spacial score (nSPS) is 28.5. The number of fused-ring (bicyclic) bond motifs is 1. The number of ether oxygens (including phenoxy) is 1. The van der Waals surface area contributed by atoms with Gasteiger partial charge in [0.15, 0.2) is 5.13 Å². The first-order chi connectivity index (χ1) is 8.29. The zero-order chi connectivity index (χ0) is 11.8. The molecule has 1 aromatic heterocycles. The average molecular weight is 293 g/mol. The van der Waals surface area contributed by atoms with E-state index in [9.17, 15) is 0 Å². The summed E-state index contributed by atoms with van der Waals surface area (Å²) < 4.78 is 5.79. The van der Waals surface area contributed by atoms with Crippen LogP contribution in [0.2, 0.25) is 5.15 Å². The number of rotatable bonds is 2. The fraction of sp³-hybridized carbons (Fsp3) is 0.727. The van der Waals surface area contributed by atoms with Gasteiger partial charge in [-0.15, -0.1) is 11.6 Å². The number of halogens is 2. The molecule has 6 heteroatoms.